The average Bonchev–Trinajstić information content (AvgIpc) is 3.03. The first-order valence-corrected chi connectivity index (χ1v) is 6.25. The lowest BCUT2D eigenvalue weighted by molar-refractivity contribution is -0.142. The summed E-state index contributed by atoms with van der Waals surface area (Å²) in [6.45, 7) is 4.26. The van der Waals surface area contributed by atoms with E-state index in [1.54, 1.807) is 0 Å². The van der Waals surface area contributed by atoms with Crippen LogP contribution >= 0.6 is 0 Å². The number of carbonyl (C=O) groups excluding carboxylic acids is 1. The maximum absolute atomic E-state index is 11.3. The van der Waals surface area contributed by atoms with Crippen molar-refractivity contribution >= 4 is 5.97 Å². The highest BCUT2D eigenvalue weighted by atomic mass is 16.5. The van der Waals surface area contributed by atoms with Crippen molar-refractivity contribution in [2.75, 3.05) is 7.11 Å². The molecule has 0 N–H and O–H groups in total. The lowest BCUT2D eigenvalue weighted by Crippen LogP contribution is -2.04. The summed E-state index contributed by atoms with van der Waals surface area (Å²) in [6, 6.07) is 6.67. The Morgan fingerprint density at radius 1 is 1.29 bits per heavy atom. The summed E-state index contributed by atoms with van der Waals surface area (Å²) in [7, 11) is 1.47. The number of aryl methyl sites for hydroxylation is 3. The van der Waals surface area contributed by atoms with E-state index in [9.17, 15) is 4.79 Å². The molecule has 2 heteroatoms. The van der Waals surface area contributed by atoms with Gasteiger partial charge in [0.25, 0.3) is 0 Å². The second-order valence-electron chi connectivity index (χ2n) is 5.16. The van der Waals surface area contributed by atoms with Gasteiger partial charge in [-0.05, 0) is 44.6 Å². The molecule has 2 rings (SSSR count). The second kappa shape index (κ2) is 4.91. The molecule has 0 spiro atoms. The number of hydrogen-bond acceptors (Lipinski definition) is 2. The van der Waals surface area contributed by atoms with E-state index in [-0.39, 0.29) is 11.9 Å². The summed E-state index contributed by atoms with van der Waals surface area (Å²) in [6.07, 6.45) is 3.18. The minimum atomic E-state index is -0.0320. The van der Waals surface area contributed by atoms with Gasteiger partial charge in [-0.25, -0.2) is 0 Å². The summed E-state index contributed by atoms with van der Waals surface area (Å²) in [4.78, 5) is 11.3. The third kappa shape index (κ3) is 3.09. The Labute approximate surface area is 103 Å². The summed E-state index contributed by atoms with van der Waals surface area (Å²) in [5.41, 5.74) is 4.03. The predicted octanol–water partition coefficient (Wildman–Crippen LogP) is 3.05. The quantitative estimate of drug-likeness (QED) is 0.746. The van der Waals surface area contributed by atoms with E-state index in [0.717, 1.165) is 19.3 Å². The van der Waals surface area contributed by atoms with Crippen LogP contribution < -0.4 is 0 Å². The maximum Gasteiger partial charge on any atom is 0.308 e. The van der Waals surface area contributed by atoms with Gasteiger partial charge < -0.3 is 4.74 Å². The van der Waals surface area contributed by atoms with Crippen LogP contribution in [0, 0.1) is 25.7 Å². The van der Waals surface area contributed by atoms with Crippen molar-refractivity contribution in [3.05, 3.63) is 34.9 Å². The van der Waals surface area contributed by atoms with Crippen LogP contribution in [-0.2, 0) is 16.0 Å². The van der Waals surface area contributed by atoms with Crippen LogP contribution in [0.3, 0.4) is 0 Å². The fourth-order valence-electron chi connectivity index (χ4n) is 2.57. The van der Waals surface area contributed by atoms with Gasteiger partial charge in [-0.15, -0.1) is 0 Å². The van der Waals surface area contributed by atoms with E-state index in [1.807, 2.05) is 0 Å². The van der Waals surface area contributed by atoms with Crippen LogP contribution in [0.1, 0.15) is 29.5 Å². The van der Waals surface area contributed by atoms with E-state index in [1.165, 1.54) is 23.8 Å². The molecule has 0 aromatic heterocycles. The van der Waals surface area contributed by atoms with Gasteiger partial charge in [0.1, 0.15) is 0 Å². The Hall–Kier alpha value is -1.31. The zero-order valence-corrected chi connectivity index (χ0v) is 10.8. The van der Waals surface area contributed by atoms with Gasteiger partial charge in [0.05, 0.1) is 13.0 Å². The first-order valence-electron chi connectivity index (χ1n) is 6.25. The molecule has 2 unspecified atom stereocenters. The van der Waals surface area contributed by atoms with E-state index >= 15 is 0 Å². The molecule has 2 nitrogen and oxygen atoms in total. The Morgan fingerprint density at radius 3 is 2.53 bits per heavy atom. The lowest BCUT2D eigenvalue weighted by atomic mass is 10.0. The molecule has 1 aromatic carbocycles. The average molecular weight is 232 g/mol. The van der Waals surface area contributed by atoms with Crippen molar-refractivity contribution in [3.63, 3.8) is 0 Å². The number of benzene rings is 1. The molecule has 0 aliphatic heterocycles. The molecule has 0 radical (unpaired) electrons. The van der Waals surface area contributed by atoms with E-state index in [0.29, 0.717) is 5.92 Å². The third-order valence-corrected chi connectivity index (χ3v) is 3.51. The molecule has 1 aliphatic rings. The molecule has 1 aromatic rings. The molecule has 17 heavy (non-hydrogen) atoms. The Kier molecular flexibility index (Phi) is 3.51. The van der Waals surface area contributed by atoms with Gasteiger partial charge in [0.15, 0.2) is 0 Å². The molecule has 0 saturated heterocycles. The van der Waals surface area contributed by atoms with Crippen molar-refractivity contribution < 1.29 is 9.53 Å². The minimum Gasteiger partial charge on any atom is -0.469 e. The van der Waals surface area contributed by atoms with Crippen LogP contribution in [0.15, 0.2) is 18.2 Å². The number of carbonyl (C=O) groups is 1. The van der Waals surface area contributed by atoms with Gasteiger partial charge in [-0.2, -0.15) is 0 Å². The fraction of sp³-hybridized carbons (Fsp3) is 0.533. The second-order valence-corrected chi connectivity index (χ2v) is 5.16. The molecular formula is C15H20O2. The molecule has 92 valence electrons. The number of ether oxygens (including phenoxy) is 1. The highest BCUT2D eigenvalue weighted by molar-refractivity contribution is 5.75. The number of rotatable bonds is 4. The monoisotopic (exact) mass is 232 g/mol. The molecular weight excluding hydrogens is 212 g/mol. The Bertz CT molecular complexity index is 403. The van der Waals surface area contributed by atoms with Gasteiger partial charge in [-0.1, -0.05) is 29.3 Å². The van der Waals surface area contributed by atoms with Crippen LogP contribution in [-0.4, -0.2) is 13.1 Å². The molecule has 0 amide bonds. The van der Waals surface area contributed by atoms with Crippen molar-refractivity contribution in [3.8, 4) is 0 Å². The summed E-state index contributed by atoms with van der Waals surface area (Å²) in [5.74, 6) is 0.685. The minimum absolute atomic E-state index is 0.0320. The summed E-state index contributed by atoms with van der Waals surface area (Å²) >= 11 is 0. The lowest BCUT2D eigenvalue weighted by Gasteiger charge is -2.04. The van der Waals surface area contributed by atoms with Crippen LogP contribution in [0.4, 0.5) is 0 Å². The SMILES string of the molecule is COC(=O)C1CC1CCc1cc(C)cc(C)c1. The van der Waals surface area contributed by atoms with Crippen molar-refractivity contribution in [2.24, 2.45) is 11.8 Å². The zero-order valence-electron chi connectivity index (χ0n) is 10.8. The molecule has 1 fully saturated rings. The Balaban J connectivity index is 1.85. The van der Waals surface area contributed by atoms with Crippen LogP contribution in [0.2, 0.25) is 0 Å². The normalized spacial score (nSPS) is 22.3. The first kappa shape index (κ1) is 12.2. The molecule has 0 bridgehead atoms. The number of methoxy groups -OCH3 is 1. The standard InChI is InChI=1S/C15H20O2/c1-10-6-11(2)8-12(7-10)4-5-13-9-14(13)15(16)17-3/h6-8,13-14H,4-5,9H2,1-3H3. The van der Waals surface area contributed by atoms with E-state index in [2.05, 4.69) is 32.0 Å². The zero-order chi connectivity index (χ0) is 12.4. The maximum atomic E-state index is 11.3. The van der Waals surface area contributed by atoms with Crippen LogP contribution in [0.5, 0.6) is 0 Å². The number of hydrogen-bond donors (Lipinski definition) is 0. The highest BCUT2D eigenvalue weighted by Gasteiger charge is 2.43. The van der Waals surface area contributed by atoms with E-state index < -0.39 is 0 Å². The van der Waals surface area contributed by atoms with Crippen molar-refractivity contribution in [2.45, 2.75) is 33.1 Å². The largest absolute Gasteiger partial charge is 0.469 e. The van der Waals surface area contributed by atoms with Gasteiger partial charge in [0.2, 0.25) is 0 Å². The highest BCUT2D eigenvalue weighted by Crippen LogP contribution is 2.42. The summed E-state index contributed by atoms with van der Waals surface area (Å²) in [5, 5.41) is 0. The van der Waals surface area contributed by atoms with Gasteiger partial charge >= 0.3 is 5.97 Å². The first-order chi connectivity index (χ1) is 8.10. The van der Waals surface area contributed by atoms with Crippen molar-refractivity contribution in [1.82, 2.24) is 0 Å². The van der Waals surface area contributed by atoms with Gasteiger partial charge in [-0.3, -0.25) is 4.79 Å². The van der Waals surface area contributed by atoms with E-state index in [4.69, 9.17) is 4.74 Å². The molecule has 0 heterocycles. The van der Waals surface area contributed by atoms with Crippen molar-refractivity contribution in [1.29, 1.82) is 0 Å². The molecule has 2 atom stereocenters. The number of esters is 1. The predicted molar refractivity (Wildman–Crippen MR) is 67.9 cm³/mol. The smallest absolute Gasteiger partial charge is 0.308 e. The summed E-state index contributed by atoms with van der Waals surface area (Å²) < 4.78 is 4.76. The van der Waals surface area contributed by atoms with Gasteiger partial charge in [0, 0.05) is 0 Å². The molecule has 1 saturated carbocycles. The topological polar surface area (TPSA) is 26.3 Å². The third-order valence-electron chi connectivity index (χ3n) is 3.51. The fourth-order valence-corrected chi connectivity index (χ4v) is 2.57. The van der Waals surface area contributed by atoms with Crippen LogP contribution in [0.25, 0.3) is 0 Å². The molecule has 1 aliphatic carbocycles. The Morgan fingerprint density at radius 2 is 1.94 bits per heavy atom.